The number of carbonyl (C=O) groups is 2. The first-order valence-corrected chi connectivity index (χ1v) is 7.57. The number of hydrogen-bond acceptors (Lipinski definition) is 2. The summed E-state index contributed by atoms with van der Waals surface area (Å²) >= 11 is 0. The van der Waals surface area contributed by atoms with E-state index in [1.54, 1.807) is 0 Å². The van der Waals surface area contributed by atoms with Crippen molar-refractivity contribution in [3.8, 4) is 0 Å². The number of carbonyl (C=O) groups excluding carboxylic acids is 1. The summed E-state index contributed by atoms with van der Waals surface area (Å²) in [5.41, 5.74) is 0.406. The van der Waals surface area contributed by atoms with Crippen LogP contribution in [0.1, 0.15) is 51.9 Å². The number of rotatable bonds is 5. The smallest absolute Gasteiger partial charge is 0.329 e. The van der Waals surface area contributed by atoms with Crippen LogP contribution in [0.25, 0.3) is 0 Å². The average Bonchev–Trinajstić information content (AvgIpc) is 3.07. The molecular formula is C15H24N2O3. The van der Waals surface area contributed by atoms with Gasteiger partial charge in [-0.3, -0.25) is 0 Å². The van der Waals surface area contributed by atoms with Gasteiger partial charge in [0.25, 0.3) is 0 Å². The Morgan fingerprint density at radius 1 is 1.45 bits per heavy atom. The molecule has 0 radical (unpaired) electrons. The van der Waals surface area contributed by atoms with Crippen molar-refractivity contribution >= 4 is 12.0 Å². The quantitative estimate of drug-likeness (QED) is 0.760. The normalized spacial score (nSPS) is 25.6. The molecule has 0 spiro atoms. The van der Waals surface area contributed by atoms with Crippen LogP contribution in [0.15, 0.2) is 11.6 Å². The maximum atomic E-state index is 12.2. The van der Waals surface area contributed by atoms with Gasteiger partial charge >= 0.3 is 12.0 Å². The van der Waals surface area contributed by atoms with Gasteiger partial charge in [0.2, 0.25) is 0 Å². The summed E-state index contributed by atoms with van der Waals surface area (Å²) in [4.78, 5) is 25.3. The minimum Gasteiger partial charge on any atom is -0.479 e. The molecule has 1 saturated heterocycles. The first-order chi connectivity index (χ1) is 9.60. The molecule has 2 N–H and O–H groups in total. The van der Waals surface area contributed by atoms with Crippen molar-refractivity contribution in [1.82, 2.24) is 10.2 Å². The van der Waals surface area contributed by atoms with E-state index in [1.807, 2.05) is 6.92 Å². The first kappa shape index (κ1) is 14.9. The zero-order valence-electron chi connectivity index (χ0n) is 12.2. The molecule has 1 atom stereocenters. The van der Waals surface area contributed by atoms with Crippen LogP contribution in [0.3, 0.4) is 0 Å². The van der Waals surface area contributed by atoms with Crippen LogP contribution in [-0.2, 0) is 4.79 Å². The van der Waals surface area contributed by atoms with Crippen LogP contribution in [-0.4, -0.2) is 40.6 Å². The Bertz CT molecular complexity index is 419. The summed E-state index contributed by atoms with van der Waals surface area (Å²) in [6, 6.07) is -0.231. The van der Waals surface area contributed by atoms with Crippen molar-refractivity contribution in [2.24, 2.45) is 0 Å². The van der Waals surface area contributed by atoms with Crippen molar-refractivity contribution in [2.75, 3.05) is 13.1 Å². The summed E-state index contributed by atoms with van der Waals surface area (Å²) in [7, 11) is 0. The topological polar surface area (TPSA) is 69.6 Å². The molecule has 1 aliphatic heterocycles. The van der Waals surface area contributed by atoms with Crippen molar-refractivity contribution in [1.29, 1.82) is 0 Å². The van der Waals surface area contributed by atoms with Gasteiger partial charge in [0.1, 0.15) is 5.54 Å². The lowest BCUT2D eigenvalue weighted by atomic mass is 9.93. The SMILES string of the molecule is CCC1(C(=O)O)CCCN1C(=O)NCCC1=CCCC1. The molecule has 0 saturated carbocycles. The fraction of sp³-hybridized carbons (Fsp3) is 0.733. The zero-order chi connectivity index (χ0) is 14.6. The van der Waals surface area contributed by atoms with Gasteiger partial charge < -0.3 is 15.3 Å². The minimum atomic E-state index is -1.00. The lowest BCUT2D eigenvalue weighted by molar-refractivity contribution is -0.148. The number of carboxylic acids is 1. The summed E-state index contributed by atoms with van der Waals surface area (Å²) in [6.45, 7) is 2.97. The minimum absolute atomic E-state index is 0.231. The molecule has 5 heteroatoms. The number of hydrogen-bond donors (Lipinski definition) is 2. The number of allylic oxidation sites excluding steroid dienone is 1. The maximum Gasteiger partial charge on any atom is 0.329 e. The predicted molar refractivity (Wildman–Crippen MR) is 76.5 cm³/mol. The second kappa shape index (κ2) is 6.29. The third kappa shape index (κ3) is 2.81. The van der Waals surface area contributed by atoms with E-state index in [0.29, 0.717) is 25.9 Å². The molecular weight excluding hydrogens is 256 g/mol. The van der Waals surface area contributed by atoms with Crippen molar-refractivity contribution < 1.29 is 14.7 Å². The molecule has 112 valence electrons. The van der Waals surface area contributed by atoms with Crippen LogP contribution in [0.5, 0.6) is 0 Å². The van der Waals surface area contributed by atoms with Crippen molar-refractivity contribution in [2.45, 2.75) is 57.4 Å². The highest BCUT2D eigenvalue weighted by Gasteiger charge is 2.48. The van der Waals surface area contributed by atoms with Gasteiger partial charge in [0, 0.05) is 13.1 Å². The van der Waals surface area contributed by atoms with Crippen LogP contribution in [0.4, 0.5) is 4.79 Å². The average molecular weight is 280 g/mol. The standard InChI is InChI=1S/C15H24N2O3/c1-2-15(13(18)19)9-5-11-17(15)14(20)16-10-8-12-6-3-4-7-12/h6H,2-5,7-11H2,1H3,(H,16,20)(H,18,19). The van der Waals surface area contributed by atoms with Crippen molar-refractivity contribution in [3.05, 3.63) is 11.6 Å². The summed E-state index contributed by atoms with van der Waals surface area (Å²) in [5.74, 6) is -0.883. The van der Waals surface area contributed by atoms with Gasteiger partial charge in [0.05, 0.1) is 0 Å². The van der Waals surface area contributed by atoms with Crippen LogP contribution >= 0.6 is 0 Å². The maximum absolute atomic E-state index is 12.2. The molecule has 1 unspecified atom stereocenters. The molecule has 2 aliphatic rings. The van der Waals surface area contributed by atoms with Gasteiger partial charge in [-0.05, 0) is 44.9 Å². The third-order valence-corrected chi connectivity index (χ3v) is 4.57. The second-order valence-electron chi connectivity index (χ2n) is 5.68. The lowest BCUT2D eigenvalue weighted by Gasteiger charge is -2.33. The number of amides is 2. The van der Waals surface area contributed by atoms with E-state index in [-0.39, 0.29) is 6.03 Å². The molecule has 2 amide bonds. The van der Waals surface area contributed by atoms with E-state index in [2.05, 4.69) is 11.4 Å². The zero-order valence-corrected chi connectivity index (χ0v) is 12.2. The Kier molecular flexibility index (Phi) is 4.68. The molecule has 0 bridgehead atoms. The number of urea groups is 1. The van der Waals surface area contributed by atoms with E-state index in [4.69, 9.17) is 0 Å². The monoisotopic (exact) mass is 280 g/mol. The molecule has 0 aromatic rings. The summed E-state index contributed by atoms with van der Waals surface area (Å²) in [5, 5.41) is 12.3. The lowest BCUT2D eigenvalue weighted by Crippen LogP contribution is -2.55. The van der Waals surface area contributed by atoms with Crippen LogP contribution < -0.4 is 5.32 Å². The highest BCUT2D eigenvalue weighted by molar-refractivity contribution is 5.87. The summed E-state index contributed by atoms with van der Waals surface area (Å²) < 4.78 is 0. The van der Waals surface area contributed by atoms with E-state index in [0.717, 1.165) is 25.7 Å². The Balaban J connectivity index is 1.89. The second-order valence-corrected chi connectivity index (χ2v) is 5.68. The van der Waals surface area contributed by atoms with E-state index in [1.165, 1.54) is 16.9 Å². The predicted octanol–water partition coefficient (Wildman–Crippen LogP) is 2.53. The third-order valence-electron chi connectivity index (χ3n) is 4.57. The van der Waals surface area contributed by atoms with Gasteiger partial charge in [-0.2, -0.15) is 0 Å². The van der Waals surface area contributed by atoms with Gasteiger partial charge in [-0.1, -0.05) is 18.6 Å². The van der Waals surface area contributed by atoms with E-state index >= 15 is 0 Å². The number of nitrogens with zero attached hydrogens (tertiary/aromatic N) is 1. The first-order valence-electron chi connectivity index (χ1n) is 7.57. The molecule has 0 aromatic heterocycles. The number of aliphatic carboxylic acids is 1. The Labute approximate surface area is 120 Å². The molecule has 1 aliphatic carbocycles. The summed E-state index contributed by atoms with van der Waals surface area (Å²) in [6.07, 6.45) is 8.40. The Morgan fingerprint density at radius 2 is 2.25 bits per heavy atom. The van der Waals surface area contributed by atoms with Crippen LogP contribution in [0, 0.1) is 0 Å². The van der Waals surface area contributed by atoms with Gasteiger partial charge in [0.15, 0.2) is 0 Å². The highest BCUT2D eigenvalue weighted by atomic mass is 16.4. The number of carboxylic acid groups (broad SMARTS) is 1. The Morgan fingerprint density at radius 3 is 2.85 bits per heavy atom. The Hall–Kier alpha value is -1.52. The molecule has 1 fully saturated rings. The fourth-order valence-electron chi connectivity index (χ4n) is 3.31. The van der Waals surface area contributed by atoms with E-state index in [9.17, 15) is 14.7 Å². The molecule has 5 nitrogen and oxygen atoms in total. The fourth-order valence-corrected chi connectivity index (χ4v) is 3.31. The number of nitrogens with one attached hydrogen (secondary N) is 1. The van der Waals surface area contributed by atoms with Gasteiger partial charge in [-0.15, -0.1) is 0 Å². The van der Waals surface area contributed by atoms with Crippen LogP contribution in [0.2, 0.25) is 0 Å². The largest absolute Gasteiger partial charge is 0.479 e. The molecule has 1 heterocycles. The molecule has 2 rings (SSSR count). The molecule has 20 heavy (non-hydrogen) atoms. The number of likely N-dealkylation sites (tertiary alicyclic amines) is 1. The molecule has 0 aromatic carbocycles. The van der Waals surface area contributed by atoms with Crippen molar-refractivity contribution in [3.63, 3.8) is 0 Å². The van der Waals surface area contributed by atoms with E-state index < -0.39 is 11.5 Å². The highest BCUT2D eigenvalue weighted by Crippen LogP contribution is 2.32. The van der Waals surface area contributed by atoms with Gasteiger partial charge in [-0.25, -0.2) is 9.59 Å².